The third kappa shape index (κ3) is 4.85. The Balaban J connectivity index is 1.43. The molecule has 3 heterocycles. The molecule has 6 nitrogen and oxygen atoms in total. The molecule has 1 aromatic carbocycles. The number of piperazine rings is 1. The fourth-order valence-electron chi connectivity index (χ4n) is 3.82. The average molecular weight is 418 g/mol. The van der Waals surface area contributed by atoms with Gasteiger partial charge in [-0.3, -0.25) is 9.69 Å². The van der Waals surface area contributed by atoms with Gasteiger partial charge in [0.05, 0.1) is 5.69 Å². The number of aromatic nitrogens is 3. The molecule has 0 N–H and O–H groups in total. The molecule has 162 valence electrons. The van der Waals surface area contributed by atoms with E-state index in [9.17, 15) is 4.79 Å². The van der Waals surface area contributed by atoms with Crippen molar-refractivity contribution in [1.29, 1.82) is 0 Å². The molecule has 1 aliphatic heterocycles. The Morgan fingerprint density at radius 2 is 1.77 bits per heavy atom. The molecule has 0 spiro atoms. The first kappa shape index (κ1) is 21.2. The van der Waals surface area contributed by atoms with Gasteiger partial charge in [-0.2, -0.15) is 5.10 Å². The van der Waals surface area contributed by atoms with E-state index in [0.29, 0.717) is 18.8 Å². The minimum Gasteiger partial charge on any atom is -0.335 e. The van der Waals surface area contributed by atoms with Crippen LogP contribution < -0.4 is 0 Å². The molecule has 1 fully saturated rings. The Hall–Kier alpha value is -2.99. The minimum atomic E-state index is -0.0964. The van der Waals surface area contributed by atoms with E-state index in [2.05, 4.69) is 54.9 Å². The molecule has 1 saturated heterocycles. The van der Waals surface area contributed by atoms with Crippen LogP contribution in [0.4, 0.5) is 0 Å². The molecule has 6 heteroatoms. The average Bonchev–Trinajstić information content (AvgIpc) is 3.18. The van der Waals surface area contributed by atoms with Crippen molar-refractivity contribution in [3.63, 3.8) is 0 Å². The topological polar surface area (TPSA) is 53.7 Å². The molecule has 0 unspecified atom stereocenters. The second-order valence-electron chi connectivity index (χ2n) is 9.24. The summed E-state index contributed by atoms with van der Waals surface area (Å²) in [7, 11) is 0. The Kier molecular flexibility index (Phi) is 5.92. The lowest BCUT2D eigenvalue weighted by Crippen LogP contribution is -2.49. The fourth-order valence-corrected chi connectivity index (χ4v) is 3.82. The molecule has 0 saturated carbocycles. The van der Waals surface area contributed by atoms with E-state index in [-0.39, 0.29) is 11.3 Å². The van der Waals surface area contributed by atoms with Crippen molar-refractivity contribution in [3.8, 4) is 0 Å². The van der Waals surface area contributed by atoms with Crippen molar-refractivity contribution >= 4 is 17.6 Å². The van der Waals surface area contributed by atoms with E-state index in [1.165, 1.54) is 5.56 Å². The monoisotopic (exact) mass is 417 g/mol. The van der Waals surface area contributed by atoms with Crippen LogP contribution in [0.25, 0.3) is 11.7 Å². The molecule has 0 aliphatic carbocycles. The van der Waals surface area contributed by atoms with E-state index in [1.807, 2.05) is 42.2 Å². The first-order valence-electron chi connectivity index (χ1n) is 10.9. The predicted molar refractivity (Wildman–Crippen MR) is 124 cm³/mol. The highest BCUT2D eigenvalue weighted by molar-refractivity contribution is 5.93. The number of rotatable bonds is 4. The molecule has 1 amide bonds. The molecule has 1 aliphatic rings. The van der Waals surface area contributed by atoms with E-state index < -0.39 is 0 Å². The molecule has 4 rings (SSSR count). The lowest BCUT2D eigenvalue weighted by Gasteiger charge is -2.34. The lowest BCUT2D eigenvalue weighted by molar-refractivity contribution is 0.0641. The summed E-state index contributed by atoms with van der Waals surface area (Å²) in [6, 6.07) is 14.2. The van der Waals surface area contributed by atoms with Crippen LogP contribution in [0.15, 0.2) is 48.5 Å². The Morgan fingerprint density at radius 3 is 2.45 bits per heavy atom. The van der Waals surface area contributed by atoms with Crippen LogP contribution in [0, 0.1) is 6.92 Å². The highest BCUT2D eigenvalue weighted by atomic mass is 16.2. The zero-order valence-corrected chi connectivity index (χ0v) is 18.9. The zero-order chi connectivity index (χ0) is 22.0. The summed E-state index contributed by atoms with van der Waals surface area (Å²) in [6.45, 7) is 12.3. The smallest absolute Gasteiger partial charge is 0.272 e. The van der Waals surface area contributed by atoms with Gasteiger partial charge in [-0.05, 0) is 18.6 Å². The van der Waals surface area contributed by atoms with E-state index in [4.69, 9.17) is 5.10 Å². The highest BCUT2D eigenvalue weighted by Crippen LogP contribution is 2.23. The van der Waals surface area contributed by atoms with Crippen LogP contribution in [-0.2, 0) is 5.41 Å². The number of benzene rings is 1. The summed E-state index contributed by atoms with van der Waals surface area (Å²) < 4.78 is 1.71. The molecular weight excluding hydrogens is 386 g/mol. The van der Waals surface area contributed by atoms with Crippen molar-refractivity contribution in [2.75, 3.05) is 32.7 Å². The lowest BCUT2D eigenvalue weighted by atomic mass is 9.93. The van der Waals surface area contributed by atoms with Gasteiger partial charge < -0.3 is 4.90 Å². The van der Waals surface area contributed by atoms with Crippen molar-refractivity contribution in [2.45, 2.75) is 33.1 Å². The van der Waals surface area contributed by atoms with Gasteiger partial charge in [0.1, 0.15) is 5.69 Å². The summed E-state index contributed by atoms with van der Waals surface area (Å²) in [5, 5.41) is 4.71. The van der Waals surface area contributed by atoms with Crippen LogP contribution in [0.1, 0.15) is 48.2 Å². The Bertz CT molecular complexity index is 1090. The van der Waals surface area contributed by atoms with E-state index in [1.54, 1.807) is 4.52 Å². The summed E-state index contributed by atoms with van der Waals surface area (Å²) in [5.41, 5.74) is 4.21. The molecule has 2 aromatic heterocycles. The van der Waals surface area contributed by atoms with Crippen LogP contribution in [0.2, 0.25) is 0 Å². The fraction of sp³-hybridized carbons (Fsp3) is 0.400. The van der Waals surface area contributed by atoms with E-state index >= 15 is 0 Å². The molecule has 0 atom stereocenters. The predicted octanol–water partition coefficient (Wildman–Crippen LogP) is 3.81. The zero-order valence-electron chi connectivity index (χ0n) is 18.9. The highest BCUT2D eigenvalue weighted by Gasteiger charge is 2.26. The van der Waals surface area contributed by atoms with Crippen molar-refractivity contribution in [3.05, 3.63) is 71.2 Å². The number of fused-ring (bicyclic) bond motifs is 1. The van der Waals surface area contributed by atoms with Gasteiger partial charge in [0.2, 0.25) is 0 Å². The van der Waals surface area contributed by atoms with Gasteiger partial charge in [-0.15, -0.1) is 0 Å². The number of hydrogen-bond acceptors (Lipinski definition) is 4. The largest absolute Gasteiger partial charge is 0.335 e. The van der Waals surface area contributed by atoms with Crippen LogP contribution in [0.5, 0.6) is 0 Å². The molecular formula is C25H31N5O. The SMILES string of the molecule is Cc1cc(C(=O)N2CCN(C/C=C/c3ccccc3)CC2)n2nc(C(C)(C)C)cc2n1. The normalized spacial score (nSPS) is 15.8. The second kappa shape index (κ2) is 8.63. The van der Waals surface area contributed by atoms with Gasteiger partial charge in [0.15, 0.2) is 5.65 Å². The van der Waals surface area contributed by atoms with Gasteiger partial charge in [0, 0.05) is 49.9 Å². The van der Waals surface area contributed by atoms with Crippen LogP contribution in [0.3, 0.4) is 0 Å². The maximum atomic E-state index is 13.3. The first-order chi connectivity index (χ1) is 14.8. The molecule has 3 aromatic rings. The number of aryl methyl sites for hydroxylation is 1. The molecule has 0 radical (unpaired) electrons. The number of carbonyl (C=O) groups excluding carboxylic acids is 1. The second-order valence-corrected chi connectivity index (χ2v) is 9.24. The number of hydrogen-bond donors (Lipinski definition) is 0. The first-order valence-corrected chi connectivity index (χ1v) is 10.9. The molecule has 31 heavy (non-hydrogen) atoms. The number of amides is 1. The van der Waals surface area contributed by atoms with Crippen LogP contribution in [-0.4, -0.2) is 63.0 Å². The standard InChI is InChI=1S/C25H31N5O/c1-19-17-21(30-23(26-19)18-22(27-30)25(2,3)4)24(31)29-15-13-28(14-16-29)12-8-11-20-9-6-5-7-10-20/h5-11,17-18H,12-16H2,1-4H3/b11-8+. The van der Waals surface area contributed by atoms with Gasteiger partial charge >= 0.3 is 0 Å². The Labute approximate surface area is 184 Å². The maximum absolute atomic E-state index is 13.3. The summed E-state index contributed by atoms with van der Waals surface area (Å²) in [6.07, 6.45) is 4.35. The van der Waals surface area contributed by atoms with Crippen molar-refractivity contribution in [2.24, 2.45) is 0 Å². The minimum absolute atomic E-state index is 0.0264. The van der Waals surface area contributed by atoms with Crippen molar-refractivity contribution in [1.82, 2.24) is 24.4 Å². The third-order valence-corrected chi connectivity index (χ3v) is 5.68. The summed E-state index contributed by atoms with van der Waals surface area (Å²) >= 11 is 0. The summed E-state index contributed by atoms with van der Waals surface area (Å²) in [4.78, 5) is 22.2. The quantitative estimate of drug-likeness (QED) is 0.648. The van der Waals surface area contributed by atoms with E-state index in [0.717, 1.165) is 36.7 Å². The van der Waals surface area contributed by atoms with Crippen molar-refractivity contribution < 1.29 is 4.79 Å². The number of nitrogens with zero attached hydrogens (tertiary/aromatic N) is 5. The third-order valence-electron chi connectivity index (χ3n) is 5.68. The number of carbonyl (C=O) groups is 1. The van der Waals surface area contributed by atoms with Gasteiger partial charge in [0.25, 0.3) is 5.91 Å². The molecule has 0 bridgehead atoms. The maximum Gasteiger partial charge on any atom is 0.272 e. The van der Waals surface area contributed by atoms with Crippen LogP contribution >= 0.6 is 0 Å². The summed E-state index contributed by atoms with van der Waals surface area (Å²) in [5.74, 6) is 0.0264. The Morgan fingerprint density at radius 1 is 1.06 bits per heavy atom. The van der Waals surface area contributed by atoms with Gasteiger partial charge in [-0.25, -0.2) is 9.50 Å². The van der Waals surface area contributed by atoms with Gasteiger partial charge in [-0.1, -0.05) is 63.3 Å².